The number of anilines is 1. The fraction of sp³-hybridized carbons (Fsp3) is 0.500. The molecule has 3 aromatic rings. The van der Waals surface area contributed by atoms with Gasteiger partial charge in [0.05, 0.1) is 27.8 Å². The molecule has 1 unspecified atom stereocenters. The third kappa shape index (κ3) is 5.46. The normalized spacial score (nSPS) is 19.1. The molecule has 7 nitrogen and oxygen atoms in total. The first-order valence-electron chi connectivity index (χ1n) is 13.1. The van der Waals surface area contributed by atoms with Crippen LogP contribution in [0.15, 0.2) is 41.3 Å². The molecule has 2 fully saturated rings. The number of aryl methyl sites for hydroxylation is 2. The third-order valence-electron chi connectivity index (χ3n) is 7.75. The summed E-state index contributed by atoms with van der Waals surface area (Å²) in [5.74, 6) is -0.201. The molecule has 0 bridgehead atoms. The first kappa shape index (κ1) is 26.3. The van der Waals surface area contributed by atoms with E-state index < -0.39 is 10.0 Å². The molecule has 1 amide bonds. The summed E-state index contributed by atoms with van der Waals surface area (Å²) in [4.78, 5) is 20.5. The summed E-state index contributed by atoms with van der Waals surface area (Å²) in [7, 11) is -1.95. The van der Waals surface area contributed by atoms with Crippen LogP contribution in [-0.2, 0) is 14.8 Å². The van der Waals surface area contributed by atoms with E-state index in [4.69, 9.17) is 9.72 Å². The molecule has 0 radical (unpaired) electrons. The number of aromatic nitrogens is 1. The van der Waals surface area contributed by atoms with E-state index in [2.05, 4.69) is 26.0 Å². The number of benzene rings is 2. The number of hydrogen-bond acceptors (Lipinski definition) is 6. The monoisotopic (exact) mass is 541 g/mol. The van der Waals surface area contributed by atoms with Crippen molar-refractivity contribution in [2.75, 3.05) is 25.1 Å². The predicted molar refractivity (Wildman–Crippen MR) is 148 cm³/mol. The highest BCUT2D eigenvalue weighted by Crippen LogP contribution is 2.33. The lowest BCUT2D eigenvalue weighted by Crippen LogP contribution is -2.38. The standard InChI is InChI=1S/C28H35N3O4S2/c1-19-16-25-26(17-20(19)2)36-28(29-25)31(18-23-10-7-15-35-23)27(32)21-11-13-24(14-12-21)37(33,34)30(3)22-8-5-4-6-9-22/h11-14,16-17,22-23H,4-10,15,18H2,1-3H3. The van der Waals surface area contributed by atoms with Crippen LogP contribution in [0.2, 0.25) is 0 Å². The van der Waals surface area contributed by atoms with Gasteiger partial charge in [-0.05, 0) is 87.1 Å². The maximum atomic E-state index is 13.8. The van der Waals surface area contributed by atoms with Crippen LogP contribution in [0.4, 0.5) is 5.13 Å². The van der Waals surface area contributed by atoms with Gasteiger partial charge in [0.1, 0.15) is 0 Å². The van der Waals surface area contributed by atoms with Gasteiger partial charge in [0.2, 0.25) is 10.0 Å². The molecule has 0 N–H and O–H groups in total. The van der Waals surface area contributed by atoms with E-state index in [0.29, 0.717) is 23.8 Å². The molecule has 1 atom stereocenters. The van der Waals surface area contributed by atoms with Crippen molar-refractivity contribution in [1.29, 1.82) is 0 Å². The summed E-state index contributed by atoms with van der Waals surface area (Å²) in [6, 6.07) is 10.6. The Kier molecular flexibility index (Phi) is 7.68. The molecule has 1 saturated carbocycles. The summed E-state index contributed by atoms with van der Waals surface area (Å²) < 4.78 is 34.9. The fourth-order valence-electron chi connectivity index (χ4n) is 5.26. The Labute approximate surface area is 223 Å². The average Bonchev–Trinajstić information content (AvgIpc) is 3.57. The Balaban J connectivity index is 1.42. The van der Waals surface area contributed by atoms with Crippen molar-refractivity contribution in [3.63, 3.8) is 0 Å². The van der Waals surface area contributed by atoms with Gasteiger partial charge in [0.25, 0.3) is 5.91 Å². The van der Waals surface area contributed by atoms with E-state index in [-0.39, 0.29) is 22.9 Å². The minimum atomic E-state index is -3.62. The molecule has 1 aliphatic heterocycles. The molecular formula is C28H35N3O4S2. The van der Waals surface area contributed by atoms with Crippen molar-refractivity contribution >= 4 is 42.6 Å². The molecule has 2 aliphatic rings. The third-order valence-corrected chi connectivity index (χ3v) is 10.7. The Morgan fingerprint density at radius 1 is 1.03 bits per heavy atom. The average molecular weight is 542 g/mol. The second-order valence-electron chi connectivity index (χ2n) is 10.3. The molecule has 1 saturated heterocycles. The number of fused-ring (bicyclic) bond motifs is 1. The van der Waals surface area contributed by atoms with Crippen molar-refractivity contribution in [3.05, 3.63) is 53.1 Å². The summed E-state index contributed by atoms with van der Waals surface area (Å²) >= 11 is 1.50. The van der Waals surface area contributed by atoms with Crippen LogP contribution < -0.4 is 4.90 Å². The van der Waals surface area contributed by atoms with Gasteiger partial charge in [-0.15, -0.1) is 0 Å². The van der Waals surface area contributed by atoms with Crippen molar-refractivity contribution in [1.82, 2.24) is 9.29 Å². The lowest BCUT2D eigenvalue weighted by atomic mass is 9.96. The summed E-state index contributed by atoms with van der Waals surface area (Å²) in [6.07, 6.45) is 6.91. The van der Waals surface area contributed by atoms with Gasteiger partial charge in [-0.2, -0.15) is 4.31 Å². The summed E-state index contributed by atoms with van der Waals surface area (Å²) in [5.41, 5.74) is 3.66. The van der Waals surface area contributed by atoms with Gasteiger partial charge in [0.15, 0.2) is 5.13 Å². The van der Waals surface area contributed by atoms with Crippen LogP contribution in [0.25, 0.3) is 10.2 Å². The van der Waals surface area contributed by atoms with Crippen LogP contribution >= 0.6 is 11.3 Å². The van der Waals surface area contributed by atoms with E-state index in [1.54, 1.807) is 36.2 Å². The molecule has 9 heteroatoms. The Hall–Kier alpha value is -2.33. The first-order valence-corrected chi connectivity index (χ1v) is 15.4. The van der Waals surface area contributed by atoms with Crippen LogP contribution in [0.5, 0.6) is 0 Å². The van der Waals surface area contributed by atoms with Crippen LogP contribution in [0.1, 0.15) is 66.4 Å². The molecule has 198 valence electrons. The number of rotatable bonds is 7. The second-order valence-corrected chi connectivity index (χ2v) is 13.3. The number of carbonyl (C=O) groups excluding carboxylic acids is 1. The molecular weight excluding hydrogens is 506 g/mol. The maximum absolute atomic E-state index is 13.8. The van der Waals surface area contributed by atoms with Crippen molar-refractivity contribution in [2.24, 2.45) is 0 Å². The van der Waals surface area contributed by atoms with Crippen LogP contribution in [-0.4, -0.2) is 56.0 Å². The zero-order valence-electron chi connectivity index (χ0n) is 21.8. The number of carbonyl (C=O) groups is 1. The lowest BCUT2D eigenvalue weighted by molar-refractivity contribution is 0.0917. The van der Waals surface area contributed by atoms with E-state index in [1.165, 1.54) is 21.2 Å². The van der Waals surface area contributed by atoms with Gasteiger partial charge < -0.3 is 4.74 Å². The Morgan fingerprint density at radius 3 is 2.41 bits per heavy atom. The van der Waals surface area contributed by atoms with Gasteiger partial charge in [-0.3, -0.25) is 9.69 Å². The number of thiazole rings is 1. The van der Waals surface area contributed by atoms with Gasteiger partial charge >= 0.3 is 0 Å². The second kappa shape index (κ2) is 10.8. The predicted octanol–water partition coefficient (Wildman–Crippen LogP) is 5.69. The number of ether oxygens (including phenoxy) is 1. The highest BCUT2D eigenvalue weighted by molar-refractivity contribution is 7.89. The summed E-state index contributed by atoms with van der Waals surface area (Å²) in [6.45, 7) is 5.25. The van der Waals surface area contributed by atoms with E-state index in [1.807, 2.05) is 0 Å². The molecule has 1 aromatic heterocycles. The van der Waals surface area contributed by atoms with Crippen molar-refractivity contribution in [2.45, 2.75) is 75.8 Å². The number of hydrogen-bond donors (Lipinski definition) is 0. The van der Waals surface area contributed by atoms with Gasteiger partial charge in [-0.25, -0.2) is 13.4 Å². The fourth-order valence-corrected chi connectivity index (χ4v) is 7.72. The number of amides is 1. The van der Waals surface area contributed by atoms with Crippen LogP contribution in [0.3, 0.4) is 0 Å². The molecule has 1 aliphatic carbocycles. The first-order chi connectivity index (χ1) is 17.7. The van der Waals surface area contributed by atoms with Crippen LogP contribution in [0, 0.1) is 13.8 Å². The Morgan fingerprint density at radius 2 is 1.73 bits per heavy atom. The molecule has 2 aromatic carbocycles. The zero-order chi connectivity index (χ0) is 26.2. The SMILES string of the molecule is Cc1cc2nc(N(CC3CCCO3)C(=O)c3ccc(S(=O)(=O)N(C)C4CCCCC4)cc3)sc2cc1C. The Bertz CT molecular complexity index is 1330. The highest BCUT2D eigenvalue weighted by atomic mass is 32.2. The quantitative estimate of drug-likeness (QED) is 0.384. The maximum Gasteiger partial charge on any atom is 0.260 e. The van der Waals surface area contributed by atoms with E-state index in [9.17, 15) is 13.2 Å². The topological polar surface area (TPSA) is 79.8 Å². The number of nitrogens with zero attached hydrogens (tertiary/aromatic N) is 3. The molecule has 0 spiro atoms. The number of sulfonamides is 1. The van der Waals surface area contributed by atoms with Gasteiger partial charge in [-0.1, -0.05) is 30.6 Å². The minimum Gasteiger partial charge on any atom is -0.376 e. The van der Waals surface area contributed by atoms with E-state index in [0.717, 1.165) is 60.7 Å². The van der Waals surface area contributed by atoms with Gasteiger partial charge in [0, 0.05) is 25.3 Å². The van der Waals surface area contributed by atoms with Crippen molar-refractivity contribution < 1.29 is 17.9 Å². The van der Waals surface area contributed by atoms with Crippen molar-refractivity contribution in [3.8, 4) is 0 Å². The molecule has 2 heterocycles. The van der Waals surface area contributed by atoms with E-state index >= 15 is 0 Å². The lowest BCUT2D eigenvalue weighted by Gasteiger charge is -2.30. The molecule has 37 heavy (non-hydrogen) atoms. The minimum absolute atomic E-state index is 0.0354. The zero-order valence-corrected chi connectivity index (χ0v) is 23.4. The highest BCUT2D eigenvalue weighted by Gasteiger charge is 2.30. The molecule has 5 rings (SSSR count). The summed E-state index contributed by atoms with van der Waals surface area (Å²) in [5, 5.41) is 0.634. The smallest absolute Gasteiger partial charge is 0.260 e. The largest absolute Gasteiger partial charge is 0.376 e.